The van der Waals surface area contributed by atoms with Gasteiger partial charge in [0.25, 0.3) is 5.91 Å². The van der Waals surface area contributed by atoms with Crippen LogP contribution in [0.2, 0.25) is 0 Å². The zero-order valence-corrected chi connectivity index (χ0v) is 9.67. The molecule has 0 saturated carbocycles. The first kappa shape index (κ1) is 11.2. The van der Waals surface area contributed by atoms with Crippen LogP contribution in [0.25, 0.3) is 10.9 Å². The molecule has 1 saturated heterocycles. The van der Waals surface area contributed by atoms with Crippen molar-refractivity contribution in [1.82, 2.24) is 9.88 Å². The normalized spacial score (nSPS) is 15.6. The number of aromatic nitrogens is 1. The first-order chi connectivity index (χ1) is 8.66. The molecular weight excluding hydrogens is 238 g/mol. The molecular formula is C13H12F2N2O. The minimum absolute atomic E-state index is 0.123. The van der Waals surface area contributed by atoms with Crippen LogP contribution in [0.3, 0.4) is 0 Å². The van der Waals surface area contributed by atoms with Crippen LogP contribution in [-0.2, 0) is 0 Å². The Balaban J connectivity index is 2.03. The average molecular weight is 250 g/mol. The summed E-state index contributed by atoms with van der Waals surface area (Å²) in [5, 5.41) is 0.123. The number of nitrogens with zero attached hydrogens (tertiary/aromatic N) is 1. The lowest BCUT2D eigenvalue weighted by Gasteiger charge is -2.13. The van der Waals surface area contributed by atoms with Crippen LogP contribution < -0.4 is 0 Å². The highest BCUT2D eigenvalue weighted by atomic mass is 19.2. The van der Waals surface area contributed by atoms with E-state index in [4.69, 9.17) is 0 Å². The third kappa shape index (κ3) is 1.66. The van der Waals surface area contributed by atoms with Crippen molar-refractivity contribution in [1.29, 1.82) is 0 Å². The molecule has 0 unspecified atom stereocenters. The van der Waals surface area contributed by atoms with E-state index in [-0.39, 0.29) is 11.3 Å². The van der Waals surface area contributed by atoms with Crippen LogP contribution in [0.1, 0.15) is 23.3 Å². The van der Waals surface area contributed by atoms with E-state index in [2.05, 4.69) is 4.98 Å². The molecule has 0 aliphatic carbocycles. The van der Waals surface area contributed by atoms with Gasteiger partial charge >= 0.3 is 0 Å². The van der Waals surface area contributed by atoms with Crippen LogP contribution in [0.4, 0.5) is 8.78 Å². The van der Waals surface area contributed by atoms with E-state index in [0.29, 0.717) is 11.2 Å². The van der Waals surface area contributed by atoms with Gasteiger partial charge in [0, 0.05) is 24.0 Å². The van der Waals surface area contributed by atoms with Crippen molar-refractivity contribution in [2.45, 2.75) is 12.8 Å². The van der Waals surface area contributed by atoms with Gasteiger partial charge in [0.15, 0.2) is 11.6 Å². The van der Waals surface area contributed by atoms with E-state index in [1.165, 1.54) is 12.1 Å². The Morgan fingerprint density at radius 2 is 1.94 bits per heavy atom. The molecule has 3 rings (SSSR count). The number of benzene rings is 1. The zero-order valence-electron chi connectivity index (χ0n) is 9.67. The molecule has 0 bridgehead atoms. The minimum Gasteiger partial charge on any atom is -0.350 e. The first-order valence-electron chi connectivity index (χ1n) is 5.93. The lowest BCUT2D eigenvalue weighted by Crippen LogP contribution is -2.27. The van der Waals surface area contributed by atoms with E-state index in [9.17, 15) is 13.6 Å². The Morgan fingerprint density at radius 1 is 1.22 bits per heavy atom. The topological polar surface area (TPSA) is 36.1 Å². The van der Waals surface area contributed by atoms with Crippen molar-refractivity contribution in [3.63, 3.8) is 0 Å². The summed E-state index contributed by atoms with van der Waals surface area (Å²) in [6.45, 7) is 1.45. The summed E-state index contributed by atoms with van der Waals surface area (Å²) < 4.78 is 26.6. The Bertz CT molecular complexity index is 615. The summed E-state index contributed by atoms with van der Waals surface area (Å²) >= 11 is 0. The third-order valence-corrected chi connectivity index (χ3v) is 3.31. The van der Waals surface area contributed by atoms with Crippen molar-refractivity contribution in [3.05, 3.63) is 35.5 Å². The van der Waals surface area contributed by atoms with Gasteiger partial charge in [0.1, 0.15) is 5.69 Å². The molecule has 1 fully saturated rings. The number of nitrogens with one attached hydrogen (secondary N) is 1. The number of halogens is 2. The molecule has 0 atom stereocenters. The summed E-state index contributed by atoms with van der Waals surface area (Å²) in [6.07, 6.45) is 1.99. The number of aromatic amines is 1. The van der Waals surface area contributed by atoms with Gasteiger partial charge in [0.05, 0.1) is 0 Å². The van der Waals surface area contributed by atoms with Gasteiger partial charge in [-0.1, -0.05) is 0 Å². The Labute approximate surface area is 102 Å². The second-order valence-corrected chi connectivity index (χ2v) is 4.50. The number of carbonyl (C=O) groups excluding carboxylic acids is 1. The van der Waals surface area contributed by atoms with Gasteiger partial charge in [-0.15, -0.1) is 0 Å². The number of rotatable bonds is 1. The lowest BCUT2D eigenvalue weighted by molar-refractivity contribution is 0.0788. The molecule has 1 amide bonds. The predicted octanol–water partition coefficient (Wildman–Crippen LogP) is 2.68. The fraction of sp³-hybridized carbons (Fsp3) is 0.308. The number of carbonyl (C=O) groups is 1. The number of hydrogen-bond donors (Lipinski definition) is 1. The van der Waals surface area contributed by atoms with Gasteiger partial charge in [-0.05, 0) is 31.0 Å². The van der Waals surface area contributed by atoms with Crippen LogP contribution in [0.5, 0.6) is 0 Å². The molecule has 1 aliphatic rings. The summed E-state index contributed by atoms with van der Waals surface area (Å²) in [5.41, 5.74) is 0.757. The van der Waals surface area contributed by atoms with Gasteiger partial charge in [-0.25, -0.2) is 8.78 Å². The monoisotopic (exact) mass is 250 g/mol. The quantitative estimate of drug-likeness (QED) is 0.830. The van der Waals surface area contributed by atoms with Crippen LogP contribution in [0, 0.1) is 11.6 Å². The molecule has 0 spiro atoms. The average Bonchev–Trinajstić information content (AvgIpc) is 3.01. The second-order valence-electron chi connectivity index (χ2n) is 4.50. The molecule has 5 heteroatoms. The summed E-state index contributed by atoms with van der Waals surface area (Å²) in [4.78, 5) is 16.7. The largest absolute Gasteiger partial charge is 0.350 e. The highest BCUT2D eigenvalue weighted by Crippen LogP contribution is 2.22. The van der Waals surface area contributed by atoms with Crippen LogP contribution in [0.15, 0.2) is 18.2 Å². The van der Waals surface area contributed by atoms with E-state index in [0.717, 1.165) is 32.0 Å². The van der Waals surface area contributed by atoms with Crippen molar-refractivity contribution in [3.8, 4) is 0 Å². The van der Waals surface area contributed by atoms with Crippen molar-refractivity contribution in [2.75, 3.05) is 13.1 Å². The second kappa shape index (κ2) is 4.08. The van der Waals surface area contributed by atoms with E-state index >= 15 is 0 Å². The lowest BCUT2D eigenvalue weighted by atomic mass is 10.2. The Hall–Kier alpha value is -1.91. The maximum atomic E-state index is 13.5. The number of likely N-dealkylation sites (tertiary alicyclic amines) is 1. The third-order valence-electron chi connectivity index (χ3n) is 3.31. The molecule has 2 aromatic rings. The number of fused-ring (bicyclic) bond motifs is 1. The molecule has 94 valence electrons. The van der Waals surface area contributed by atoms with Crippen molar-refractivity contribution >= 4 is 16.8 Å². The molecule has 2 heterocycles. The summed E-state index contributed by atoms with van der Waals surface area (Å²) in [5.74, 6) is -1.96. The SMILES string of the molecule is O=C(c1cc2c(F)c(F)ccc2[nH]1)N1CCCC1. The molecule has 1 aliphatic heterocycles. The Morgan fingerprint density at radius 3 is 2.67 bits per heavy atom. The van der Waals surface area contributed by atoms with Crippen molar-refractivity contribution < 1.29 is 13.6 Å². The molecule has 1 N–H and O–H groups in total. The molecule has 1 aromatic heterocycles. The summed E-state index contributed by atoms with van der Waals surface area (Å²) in [7, 11) is 0. The highest BCUT2D eigenvalue weighted by molar-refractivity contribution is 5.98. The first-order valence-corrected chi connectivity index (χ1v) is 5.93. The highest BCUT2D eigenvalue weighted by Gasteiger charge is 2.22. The number of amides is 1. The maximum Gasteiger partial charge on any atom is 0.270 e. The molecule has 0 radical (unpaired) electrons. The molecule has 1 aromatic carbocycles. The van der Waals surface area contributed by atoms with E-state index in [1.807, 2.05) is 0 Å². The van der Waals surface area contributed by atoms with Gasteiger partial charge in [0.2, 0.25) is 0 Å². The fourth-order valence-electron chi connectivity index (χ4n) is 2.35. The predicted molar refractivity (Wildman–Crippen MR) is 63.4 cm³/mol. The number of hydrogen-bond acceptors (Lipinski definition) is 1. The van der Waals surface area contributed by atoms with E-state index in [1.54, 1.807) is 4.90 Å². The zero-order chi connectivity index (χ0) is 12.7. The van der Waals surface area contributed by atoms with E-state index < -0.39 is 11.6 Å². The minimum atomic E-state index is -0.913. The van der Waals surface area contributed by atoms with Gasteiger partial charge in [-0.2, -0.15) is 0 Å². The fourth-order valence-corrected chi connectivity index (χ4v) is 2.35. The van der Waals surface area contributed by atoms with Crippen LogP contribution >= 0.6 is 0 Å². The summed E-state index contributed by atoms with van der Waals surface area (Å²) in [6, 6.07) is 3.88. The Kier molecular flexibility index (Phi) is 2.54. The molecule has 18 heavy (non-hydrogen) atoms. The standard InChI is InChI=1S/C13H12F2N2O/c14-9-3-4-10-8(12(9)15)7-11(16-10)13(18)17-5-1-2-6-17/h3-4,7,16H,1-2,5-6H2. The smallest absolute Gasteiger partial charge is 0.270 e. The van der Waals surface area contributed by atoms with Crippen LogP contribution in [-0.4, -0.2) is 28.9 Å². The van der Waals surface area contributed by atoms with Crippen molar-refractivity contribution in [2.24, 2.45) is 0 Å². The number of H-pyrrole nitrogens is 1. The van der Waals surface area contributed by atoms with Gasteiger partial charge in [-0.3, -0.25) is 4.79 Å². The maximum absolute atomic E-state index is 13.5. The molecule has 3 nitrogen and oxygen atoms in total. The van der Waals surface area contributed by atoms with Gasteiger partial charge < -0.3 is 9.88 Å².